The molecule has 0 aliphatic carbocycles. The number of rotatable bonds is 7. The minimum absolute atomic E-state index is 0.109. The molecule has 2 aromatic rings. The Morgan fingerprint density at radius 1 is 1.19 bits per heavy atom. The lowest BCUT2D eigenvalue weighted by molar-refractivity contribution is -0.125. The number of aromatic nitrogens is 1. The molecule has 138 valence electrons. The van der Waals surface area contributed by atoms with Gasteiger partial charge >= 0.3 is 0 Å². The summed E-state index contributed by atoms with van der Waals surface area (Å²) < 4.78 is 11.2. The lowest BCUT2D eigenvalue weighted by Gasteiger charge is -2.21. The Bertz CT molecular complexity index is 712. The van der Waals surface area contributed by atoms with Gasteiger partial charge in [0.1, 0.15) is 11.5 Å². The van der Waals surface area contributed by atoms with Gasteiger partial charge in [0.05, 0.1) is 6.61 Å². The number of piperidine rings is 1. The maximum absolute atomic E-state index is 12.2. The summed E-state index contributed by atoms with van der Waals surface area (Å²) in [5, 5.41) is 6.29. The molecule has 1 aromatic heterocycles. The average Bonchev–Trinajstić information content (AvgIpc) is 2.69. The summed E-state index contributed by atoms with van der Waals surface area (Å²) in [5.41, 5.74) is 0.961. The maximum atomic E-state index is 12.2. The molecule has 6 heteroatoms. The third-order valence-corrected chi connectivity index (χ3v) is 4.33. The van der Waals surface area contributed by atoms with Crippen molar-refractivity contribution in [3.63, 3.8) is 0 Å². The summed E-state index contributed by atoms with van der Waals surface area (Å²) in [6.07, 6.45) is 3.48. The molecule has 1 amide bonds. The summed E-state index contributed by atoms with van der Waals surface area (Å²) in [4.78, 5) is 16.5. The summed E-state index contributed by atoms with van der Waals surface area (Å²) in [5.74, 6) is 2.23. The van der Waals surface area contributed by atoms with Crippen LogP contribution in [-0.2, 0) is 11.3 Å². The number of hydrogen-bond donors (Lipinski definition) is 2. The largest absolute Gasteiger partial charge is 0.494 e. The van der Waals surface area contributed by atoms with E-state index in [0.29, 0.717) is 24.8 Å². The van der Waals surface area contributed by atoms with Gasteiger partial charge in [-0.3, -0.25) is 4.79 Å². The molecule has 6 nitrogen and oxygen atoms in total. The summed E-state index contributed by atoms with van der Waals surface area (Å²) in [7, 11) is 0. The second-order valence-corrected chi connectivity index (χ2v) is 6.25. The molecular weight excluding hydrogens is 330 g/mol. The fourth-order valence-electron chi connectivity index (χ4n) is 2.93. The molecule has 2 N–H and O–H groups in total. The van der Waals surface area contributed by atoms with Crippen molar-refractivity contribution >= 4 is 5.91 Å². The zero-order valence-electron chi connectivity index (χ0n) is 15.0. The van der Waals surface area contributed by atoms with Crippen LogP contribution in [0.3, 0.4) is 0 Å². The lowest BCUT2D eigenvalue weighted by Crippen LogP contribution is -2.37. The van der Waals surface area contributed by atoms with Crippen LogP contribution in [0, 0.1) is 5.92 Å². The highest BCUT2D eigenvalue weighted by Gasteiger charge is 2.20. The van der Waals surface area contributed by atoms with Crippen molar-refractivity contribution in [2.24, 2.45) is 5.92 Å². The molecule has 0 saturated carbocycles. The molecule has 0 atom stereocenters. The van der Waals surface area contributed by atoms with Gasteiger partial charge in [-0.15, -0.1) is 0 Å². The first-order valence-corrected chi connectivity index (χ1v) is 9.08. The quantitative estimate of drug-likeness (QED) is 0.799. The van der Waals surface area contributed by atoms with E-state index in [9.17, 15) is 4.79 Å². The van der Waals surface area contributed by atoms with Crippen molar-refractivity contribution < 1.29 is 14.3 Å². The van der Waals surface area contributed by atoms with Crippen LogP contribution >= 0.6 is 0 Å². The van der Waals surface area contributed by atoms with Crippen LogP contribution in [0.15, 0.2) is 42.6 Å². The van der Waals surface area contributed by atoms with Gasteiger partial charge in [-0.2, -0.15) is 0 Å². The summed E-state index contributed by atoms with van der Waals surface area (Å²) in [6.45, 7) is 4.88. The molecule has 1 fully saturated rings. The van der Waals surface area contributed by atoms with E-state index >= 15 is 0 Å². The number of carbonyl (C=O) groups excluding carboxylic acids is 1. The van der Waals surface area contributed by atoms with Gasteiger partial charge in [0.2, 0.25) is 11.8 Å². The average molecular weight is 355 g/mol. The Morgan fingerprint density at radius 2 is 1.92 bits per heavy atom. The molecule has 2 heterocycles. The molecule has 1 aromatic carbocycles. The third kappa shape index (κ3) is 5.20. The van der Waals surface area contributed by atoms with Gasteiger partial charge in [0, 0.05) is 24.7 Å². The standard InChI is InChI=1S/C20H25N3O3/c1-2-25-17-3-5-18(6-4-17)26-19-13-15(7-12-22-19)14-23-20(24)16-8-10-21-11-9-16/h3-7,12-13,16,21H,2,8-11,14H2,1H3,(H,23,24). The van der Waals surface area contributed by atoms with Gasteiger partial charge in [0.25, 0.3) is 0 Å². The molecule has 0 radical (unpaired) electrons. The smallest absolute Gasteiger partial charge is 0.223 e. The molecule has 1 saturated heterocycles. The van der Waals surface area contributed by atoms with Crippen LogP contribution in [0.5, 0.6) is 17.4 Å². The first-order valence-electron chi connectivity index (χ1n) is 9.08. The molecule has 26 heavy (non-hydrogen) atoms. The highest BCUT2D eigenvalue weighted by molar-refractivity contribution is 5.78. The van der Waals surface area contributed by atoms with Crippen molar-refractivity contribution in [3.8, 4) is 17.4 Å². The zero-order valence-corrected chi connectivity index (χ0v) is 15.0. The van der Waals surface area contributed by atoms with E-state index in [1.165, 1.54) is 0 Å². The Morgan fingerprint density at radius 3 is 2.65 bits per heavy atom. The number of ether oxygens (including phenoxy) is 2. The zero-order chi connectivity index (χ0) is 18.2. The normalized spacial score (nSPS) is 14.7. The van der Waals surface area contributed by atoms with E-state index in [4.69, 9.17) is 9.47 Å². The fourth-order valence-corrected chi connectivity index (χ4v) is 2.93. The lowest BCUT2D eigenvalue weighted by atomic mass is 9.97. The molecule has 0 bridgehead atoms. The van der Waals surface area contributed by atoms with Crippen LogP contribution in [0.1, 0.15) is 25.3 Å². The number of pyridine rings is 1. The van der Waals surface area contributed by atoms with E-state index < -0.39 is 0 Å². The second kappa shape index (κ2) is 9.20. The Kier molecular flexibility index (Phi) is 6.44. The van der Waals surface area contributed by atoms with Crippen molar-refractivity contribution in [2.75, 3.05) is 19.7 Å². The van der Waals surface area contributed by atoms with E-state index in [0.717, 1.165) is 37.2 Å². The van der Waals surface area contributed by atoms with Gasteiger partial charge in [-0.05, 0) is 68.8 Å². The van der Waals surface area contributed by atoms with Gasteiger partial charge in [-0.1, -0.05) is 0 Å². The molecule has 1 aliphatic heterocycles. The predicted molar refractivity (Wildman–Crippen MR) is 99.4 cm³/mol. The highest BCUT2D eigenvalue weighted by Crippen LogP contribution is 2.23. The van der Waals surface area contributed by atoms with Gasteiger partial charge in [0.15, 0.2) is 0 Å². The van der Waals surface area contributed by atoms with Gasteiger partial charge in [-0.25, -0.2) is 4.98 Å². The van der Waals surface area contributed by atoms with Crippen molar-refractivity contribution in [3.05, 3.63) is 48.2 Å². The molecular formula is C20H25N3O3. The van der Waals surface area contributed by atoms with Crippen molar-refractivity contribution in [1.29, 1.82) is 0 Å². The van der Waals surface area contributed by atoms with E-state index in [2.05, 4.69) is 15.6 Å². The van der Waals surface area contributed by atoms with E-state index in [-0.39, 0.29) is 11.8 Å². The van der Waals surface area contributed by atoms with Crippen LogP contribution in [0.25, 0.3) is 0 Å². The monoisotopic (exact) mass is 355 g/mol. The van der Waals surface area contributed by atoms with Crippen molar-refractivity contribution in [1.82, 2.24) is 15.6 Å². The van der Waals surface area contributed by atoms with Crippen LogP contribution in [0.4, 0.5) is 0 Å². The number of hydrogen-bond acceptors (Lipinski definition) is 5. The minimum Gasteiger partial charge on any atom is -0.494 e. The Balaban J connectivity index is 1.54. The Hall–Kier alpha value is -2.60. The molecule has 0 unspecified atom stereocenters. The van der Waals surface area contributed by atoms with Crippen LogP contribution in [-0.4, -0.2) is 30.6 Å². The van der Waals surface area contributed by atoms with Crippen molar-refractivity contribution in [2.45, 2.75) is 26.3 Å². The Labute approximate surface area is 153 Å². The molecule has 0 spiro atoms. The van der Waals surface area contributed by atoms with E-state index in [1.807, 2.05) is 43.3 Å². The number of amides is 1. The first-order chi connectivity index (χ1) is 12.7. The molecule has 1 aliphatic rings. The fraction of sp³-hybridized carbons (Fsp3) is 0.400. The van der Waals surface area contributed by atoms with Gasteiger partial charge < -0.3 is 20.1 Å². The topological polar surface area (TPSA) is 72.5 Å². The second-order valence-electron chi connectivity index (χ2n) is 6.25. The highest BCUT2D eigenvalue weighted by atomic mass is 16.5. The van der Waals surface area contributed by atoms with Crippen LogP contribution < -0.4 is 20.1 Å². The van der Waals surface area contributed by atoms with E-state index in [1.54, 1.807) is 6.20 Å². The summed E-state index contributed by atoms with van der Waals surface area (Å²) >= 11 is 0. The SMILES string of the molecule is CCOc1ccc(Oc2cc(CNC(=O)C3CCNCC3)ccn2)cc1. The van der Waals surface area contributed by atoms with Crippen LogP contribution in [0.2, 0.25) is 0 Å². The summed E-state index contributed by atoms with van der Waals surface area (Å²) in [6, 6.07) is 11.1. The minimum atomic E-state index is 0.109. The molecule has 3 rings (SSSR count). The number of benzene rings is 1. The number of nitrogens with one attached hydrogen (secondary N) is 2. The number of nitrogens with zero attached hydrogens (tertiary/aromatic N) is 1. The first kappa shape index (κ1) is 18.2. The third-order valence-electron chi connectivity index (χ3n) is 4.33. The predicted octanol–water partition coefficient (Wildman–Crippen LogP) is 2.89. The maximum Gasteiger partial charge on any atom is 0.223 e. The number of carbonyl (C=O) groups is 1.